The first-order chi connectivity index (χ1) is 11.4. The first-order valence-corrected chi connectivity index (χ1v) is 8.64. The number of hydrogen-bond acceptors (Lipinski definition) is 5. The van der Waals surface area contributed by atoms with Gasteiger partial charge in [0.25, 0.3) is 5.91 Å². The van der Waals surface area contributed by atoms with E-state index in [0.717, 1.165) is 32.1 Å². The van der Waals surface area contributed by atoms with Crippen LogP contribution in [0.5, 0.6) is 0 Å². The number of anilines is 1. The number of carbonyl (C=O) groups is 2. The molecule has 1 atom stereocenters. The number of amides is 2. The highest BCUT2D eigenvalue weighted by Gasteiger charge is 2.46. The number of nitrogen functional groups attached to an aromatic ring is 1. The summed E-state index contributed by atoms with van der Waals surface area (Å²) >= 11 is 0. The molecule has 2 heterocycles. The number of nitrogens with two attached hydrogens (primary N) is 1. The lowest BCUT2D eigenvalue weighted by molar-refractivity contribution is -0.130. The highest BCUT2D eigenvalue weighted by Crippen LogP contribution is 2.32. The Morgan fingerprint density at radius 1 is 1.33 bits per heavy atom. The normalized spacial score (nSPS) is 24.3. The first kappa shape index (κ1) is 16.7. The Morgan fingerprint density at radius 3 is 2.71 bits per heavy atom. The maximum atomic E-state index is 13.0. The number of hydrogen-bond donors (Lipinski definition) is 2. The quantitative estimate of drug-likeness (QED) is 0.872. The molecule has 1 aliphatic heterocycles. The second kappa shape index (κ2) is 6.37. The number of carbonyl (C=O) groups excluding carboxylic acids is 2. The van der Waals surface area contributed by atoms with Gasteiger partial charge in [-0.3, -0.25) is 9.59 Å². The van der Waals surface area contributed by atoms with Crippen molar-refractivity contribution < 1.29 is 9.59 Å². The van der Waals surface area contributed by atoms with Gasteiger partial charge in [0.15, 0.2) is 0 Å². The minimum Gasteiger partial charge on any atom is -0.368 e. The summed E-state index contributed by atoms with van der Waals surface area (Å²) in [5, 5.41) is 3.14. The smallest absolute Gasteiger partial charge is 0.258 e. The second-order valence-corrected chi connectivity index (χ2v) is 7.02. The van der Waals surface area contributed by atoms with Gasteiger partial charge in [-0.15, -0.1) is 0 Å². The van der Waals surface area contributed by atoms with E-state index in [1.165, 1.54) is 6.20 Å². The lowest BCUT2D eigenvalue weighted by atomic mass is 9.96. The molecule has 0 radical (unpaired) electrons. The zero-order chi connectivity index (χ0) is 17.3. The van der Waals surface area contributed by atoms with Crippen LogP contribution in [0.2, 0.25) is 0 Å². The van der Waals surface area contributed by atoms with Crippen molar-refractivity contribution in [1.29, 1.82) is 0 Å². The molecule has 2 aliphatic rings. The van der Waals surface area contributed by atoms with Gasteiger partial charge < -0.3 is 16.0 Å². The van der Waals surface area contributed by atoms with E-state index in [1.807, 2.05) is 6.92 Å². The highest BCUT2D eigenvalue weighted by molar-refractivity contribution is 6.00. The maximum absolute atomic E-state index is 13.0. The number of rotatable bonds is 3. The fraction of sp³-hybridized carbons (Fsp3) is 0.647. The van der Waals surface area contributed by atoms with Crippen LogP contribution >= 0.6 is 0 Å². The summed E-state index contributed by atoms with van der Waals surface area (Å²) < 4.78 is 0. The van der Waals surface area contributed by atoms with Crippen molar-refractivity contribution >= 4 is 17.8 Å². The molecule has 1 saturated heterocycles. The van der Waals surface area contributed by atoms with Gasteiger partial charge in [-0.25, -0.2) is 9.97 Å². The zero-order valence-electron chi connectivity index (χ0n) is 14.3. The molecule has 0 aromatic carbocycles. The number of aryl methyl sites for hydroxylation is 1. The molecule has 3 N–H and O–H groups in total. The fourth-order valence-electron chi connectivity index (χ4n) is 3.78. The Kier molecular flexibility index (Phi) is 4.43. The van der Waals surface area contributed by atoms with Gasteiger partial charge in [0.1, 0.15) is 5.54 Å². The largest absolute Gasteiger partial charge is 0.368 e. The van der Waals surface area contributed by atoms with Crippen molar-refractivity contribution in [3.63, 3.8) is 0 Å². The van der Waals surface area contributed by atoms with Gasteiger partial charge in [0.05, 0.1) is 11.3 Å². The van der Waals surface area contributed by atoms with Gasteiger partial charge in [0.2, 0.25) is 11.9 Å². The van der Waals surface area contributed by atoms with Gasteiger partial charge in [0, 0.05) is 18.8 Å². The van der Waals surface area contributed by atoms with Crippen LogP contribution in [0.25, 0.3) is 0 Å². The average molecular weight is 331 g/mol. The van der Waals surface area contributed by atoms with E-state index in [1.54, 1.807) is 11.8 Å². The Hall–Kier alpha value is -2.18. The van der Waals surface area contributed by atoms with E-state index in [0.29, 0.717) is 24.2 Å². The molecule has 7 nitrogen and oxygen atoms in total. The van der Waals surface area contributed by atoms with Gasteiger partial charge in [-0.2, -0.15) is 0 Å². The third-order valence-electron chi connectivity index (χ3n) is 5.29. The molecule has 0 bridgehead atoms. The standard InChI is InChI=1S/C17H25N5O2/c1-11-13(10-19-16(18)20-11)14(23)22-9-5-8-17(22,2)15(24)21-12-6-3-4-7-12/h10,12H,3-9H2,1-2H3,(H,21,24)(H2,18,19,20). The number of nitrogens with one attached hydrogen (secondary N) is 1. The molecule has 2 fully saturated rings. The van der Waals surface area contributed by atoms with Crippen LogP contribution in [0.4, 0.5) is 5.95 Å². The highest BCUT2D eigenvalue weighted by atomic mass is 16.2. The van der Waals surface area contributed by atoms with Crippen LogP contribution < -0.4 is 11.1 Å². The van der Waals surface area contributed by atoms with Crippen molar-refractivity contribution in [2.75, 3.05) is 12.3 Å². The number of likely N-dealkylation sites (tertiary alicyclic amines) is 1. The lowest BCUT2D eigenvalue weighted by Crippen LogP contribution is -2.57. The van der Waals surface area contributed by atoms with Crippen molar-refractivity contribution in [1.82, 2.24) is 20.2 Å². The molecular formula is C17H25N5O2. The Morgan fingerprint density at radius 2 is 2.04 bits per heavy atom. The molecule has 1 aliphatic carbocycles. The summed E-state index contributed by atoms with van der Waals surface area (Å²) in [6, 6.07) is 0.244. The van der Waals surface area contributed by atoms with Crippen LogP contribution in [0.15, 0.2) is 6.20 Å². The fourth-order valence-corrected chi connectivity index (χ4v) is 3.78. The summed E-state index contributed by atoms with van der Waals surface area (Å²) in [5.74, 6) is -0.101. The summed E-state index contributed by atoms with van der Waals surface area (Å²) in [7, 11) is 0. The van der Waals surface area contributed by atoms with Gasteiger partial charge in [-0.1, -0.05) is 12.8 Å². The Bertz CT molecular complexity index is 656. The molecule has 2 amide bonds. The summed E-state index contributed by atoms with van der Waals surface area (Å²) in [6.07, 6.45) is 7.31. The van der Waals surface area contributed by atoms with E-state index in [-0.39, 0.29) is 23.8 Å². The third-order valence-corrected chi connectivity index (χ3v) is 5.29. The topological polar surface area (TPSA) is 101 Å². The van der Waals surface area contributed by atoms with Crippen LogP contribution in [-0.2, 0) is 4.79 Å². The summed E-state index contributed by atoms with van der Waals surface area (Å²) in [5.41, 5.74) is 5.70. The van der Waals surface area contributed by atoms with E-state index in [9.17, 15) is 9.59 Å². The van der Waals surface area contributed by atoms with Gasteiger partial charge >= 0.3 is 0 Å². The minimum absolute atomic E-state index is 0.0470. The van der Waals surface area contributed by atoms with E-state index in [2.05, 4.69) is 15.3 Å². The van der Waals surface area contributed by atoms with Crippen LogP contribution in [0, 0.1) is 6.92 Å². The van der Waals surface area contributed by atoms with E-state index in [4.69, 9.17) is 5.73 Å². The molecule has 1 aromatic rings. The van der Waals surface area contributed by atoms with Crippen LogP contribution in [-0.4, -0.2) is 44.8 Å². The molecule has 7 heteroatoms. The third kappa shape index (κ3) is 2.95. The van der Waals surface area contributed by atoms with Crippen molar-refractivity contribution in [3.8, 4) is 0 Å². The molecule has 1 saturated carbocycles. The predicted molar refractivity (Wildman–Crippen MR) is 90.3 cm³/mol. The SMILES string of the molecule is Cc1nc(N)ncc1C(=O)N1CCCC1(C)C(=O)NC1CCCC1. The molecule has 130 valence electrons. The minimum atomic E-state index is -0.812. The molecule has 3 rings (SSSR count). The lowest BCUT2D eigenvalue weighted by Gasteiger charge is -2.35. The van der Waals surface area contributed by atoms with Crippen molar-refractivity contribution in [2.24, 2.45) is 0 Å². The van der Waals surface area contributed by atoms with Crippen molar-refractivity contribution in [2.45, 2.75) is 64.0 Å². The summed E-state index contributed by atoms with van der Waals surface area (Å²) in [6.45, 7) is 4.16. The van der Waals surface area contributed by atoms with Crippen molar-refractivity contribution in [3.05, 3.63) is 17.5 Å². The number of nitrogens with zero attached hydrogens (tertiary/aromatic N) is 3. The predicted octanol–water partition coefficient (Wildman–Crippen LogP) is 1.42. The molecule has 1 unspecified atom stereocenters. The Labute approximate surface area is 142 Å². The monoisotopic (exact) mass is 331 g/mol. The number of aromatic nitrogens is 2. The zero-order valence-corrected chi connectivity index (χ0v) is 14.3. The molecule has 0 spiro atoms. The van der Waals surface area contributed by atoms with Gasteiger partial charge in [-0.05, 0) is 39.5 Å². The van der Waals surface area contributed by atoms with E-state index >= 15 is 0 Å². The Balaban J connectivity index is 1.80. The molecular weight excluding hydrogens is 306 g/mol. The maximum Gasteiger partial charge on any atom is 0.258 e. The van der Waals surface area contributed by atoms with Crippen LogP contribution in [0.3, 0.4) is 0 Å². The molecule has 24 heavy (non-hydrogen) atoms. The van der Waals surface area contributed by atoms with E-state index < -0.39 is 5.54 Å². The summed E-state index contributed by atoms with van der Waals surface area (Å²) in [4.78, 5) is 35.5. The second-order valence-electron chi connectivity index (χ2n) is 7.02. The first-order valence-electron chi connectivity index (χ1n) is 8.64. The average Bonchev–Trinajstić information content (AvgIpc) is 3.17. The van der Waals surface area contributed by atoms with Crippen LogP contribution in [0.1, 0.15) is 61.5 Å². The molecule has 1 aromatic heterocycles.